The number of nitrogens with zero attached hydrogens (tertiary/aromatic N) is 4. The van der Waals surface area contributed by atoms with Crippen LogP contribution >= 0.6 is 12.2 Å². The summed E-state index contributed by atoms with van der Waals surface area (Å²) in [5.74, 6) is -0.582. The Morgan fingerprint density at radius 1 is 1.11 bits per heavy atom. The first kappa shape index (κ1) is 23.7. The molecule has 2 fully saturated rings. The summed E-state index contributed by atoms with van der Waals surface area (Å²) in [6, 6.07) is 8.02. The van der Waals surface area contributed by atoms with Gasteiger partial charge >= 0.3 is 6.18 Å². The van der Waals surface area contributed by atoms with Gasteiger partial charge in [-0.15, -0.1) is 0 Å². The predicted octanol–water partition coefficient (Wildman–Crippen LogP) is 2.72. The van der Waals surface area contributed by atoms with Crippen molar-refractivity contribution in [3.05, 3.63) is 58.8 Å². The number of pyridine rings is 1. The fraction of sp³-hybridized carbons (Fsp3) is 0.417. The van der Waals surface area contributed by atoms with Crippen molar-refractivity contribution < 1.29 is 22.8 Å². The minimum absolute atomic E-state index is 0.0175. The van der Waals surface area contributed by atoms with Crippen LogP contribution in [0.1, 0.15) is 35.1 Å². The van der Waals surface area contributed by atoms with Gasteiger partial charge in [0.2, 0.25) is 11.8 Å². The molecule has 0 spiro atoms. The monoisotopic (exact) mass is 503 g/mol. The van der Waals surface area contributed by atoms with Crippen LogP contribution in [0.15, 0.2) is 36.5 Å². The van der Waals surface area contributed by atoms with E-state index in [1.54, 1.807) is 4.90 Å². The van der Waals surface area contributed by atoms with Crippen molar-refractivity contribution in [3.63, 3.8) is 0 Å². The van der Waals surface area contributed by atoms with Crippen molar-refractivity contribution in [3.8, 4) is 0 Å². The van der Waals surface area contributed by atoms with Gasteiger partial charge in [-0.05, 0) is 35.7 Å². The molecule has 2 saturated heterocycles. The molecule has 0 radical (unpaired) electrons. The van der Waals surface area contributed by atoms with E-state index in [1.807, 2.05) is 23.1 Å². The summed E-state index contributed by atoms with van der Waals surface area (Å²) < 4.78 is 40.1. The third-order valence-electron chi connectivity index (χ3n) is 6.76. The number of thiocarbonyl (C=S) groups is 1. The molecule has 0 bridgehead atoms. The first-order valence-corrected chi connectivity index (χ1v) is 11.9. The van der Waals surface area contributed by atoms with Gasteiger partial charge in [0.25, 0.3) is 0 Å². The SMILES string of the molecule is O=C1CCC(N2Cc3ccc(CN4CCN(c5ncccc5C(F)(F)F)CC4)cc3C2=S)C(=O)N1. The van der Waals surface area contributed by atoms with Crippen LogP contribution in [0, 0.1) is 0 Å². The number of carbonyl (C=O) groups is 2. The molecule has 0 aliphatic carbocycles. The van der Waals surface area contributed by atoms with Crippen LogP contribution in [-0.2, 0) is 28.9 Å². The van der Waals surface area contributed by atoms with Gasteiger partial charge in [0.15, 0.2) is 0 Å². The Kier molecular flexibility index (Phi) is 6.22. The second-order valence-electron chi connectivity index (χ2n) is 9.03. The molecule has 1 N–H and O–H groups in total. The van der Waals surface area contributed by atoms with Crippen LogP contribution < -0.4 is 10.2 Å². The van der Waals surface area contributed by atoms with Crippen molar-refractivity contribution in [1.29, 1.82) is 0 Å². The minimum atomic E-state index is -4.44. The lowest BCUT2D eigenvalue weighted by molar-refractivity contribution is -0.138. The Hall–Kier alpha value is -3.05. The molecule has 184 valence electrons. The van der Waals surface area contributed by atoms with Crippen molar-refractivity contribution in [2.75, 3.05) is 31.1 Å². The first-order valence-electron chi connectivity index (χ1n) is 11.5. The van der Waals surface area contributed by atoms with Crippen molar-refractivity contribution >= 4 is 34.8 Å². The number of piperidine rings is 1. The minimum Gasteiger partial charge on any atom is -0.354 e. The number of hydrogen-bond donors (Lipinski definition) is 1. The lowest BCUT2D eigenvalue weighted by atomic mass is 10.0. The average Bonchev–Trinajstić information content (AvgIpc) is 3.15. The summed E-state index contributed by atoms with van der Waals surface area (Å²) in [6.45, 7) is 3.30. The molecule has 1 atom stereocenters. The Bertz CT molecular complexity index is 1180. The highest BCUT2D eigenvalue weighted by Crippen LogP contribution is 2.35. The molecule has 2 aromatic rings. The third kappa shape index (κ3) is 4.74. The van der Waals surface area contributed by atoms with E-state index in [0.717, 1.165) is 22.8 Å². The zero-order valence-corrected chi connectivity index (χ0v) is 19.7. The van der Waals surface area contributed by atoms with E-state index < -0.39 is 17.8 Å². The molecular weight excluding hydrogens is 479 g/mol. The van der Waals surface area contributed by atoms with Gasteiger partial charge in [0.1, 0.15) is 16.8 Å². The maximum Gasteiger partial charge on any atom is 0.419 e. The number of anilines is 1. The normalized spacial score (nSPS) is 21.3. The van der Waals surface area contributed by atoms with Crippen LogP contribution in [0.3, 0.4) is 0 Å². The highest BCUT2D eigenvalue weighted by molar-refractivity contribution is 7.80. The Morgan fingerprint density at radius 2 is 1.89 bits per heavy atom. The Labute approximate surface area is 205 Å². The molecule has 4 heterocycles. The average molecular weight is 504 g/mol. The van der Waals surface area contributed by atoms with Gasteiger partial charge in [-0.1, -0.05) is 24.4 Å². The molecule has 3 aliphatic heterocycles. The fourth-order valence-corrected chi connectivity index (χ4v) is 5.33. The van der Waals surface area contributed by atoms with Crippen molar-refractivity contribution in [2.24, 2.45) is 0 Å². The second kappa shape index (κ2) is 9.19. The molecule has 35 heavy (non-hydrogen) atoms. The van der Waals surface area contributed by atoms with E-state index in [1.165, 1.54) is 12.3 Å². The van der Waals surface area contributed by atoms with Gasteiger partial charge in [-0.25, -0.2) is 4.98 Å². The lowest BCUT2D eigenvalue weighted by Crippen LogP contribution is -2.52. The van der Waals surface area contributed by atoms with Crippen LogP contribution in [0.5, 0.6) is 0 Å². The third-order valence-corrected chi connectivity index (χ3v) is 7.22. The number of piperazine rings is 1. The molecule has 1 aromatic carbocycles. The van der Waals surface area contributed by atoms with Crippen LogP contribution in [-0.4, -0.2) is 63.8 Å². The molecule has 0 saturated carbocycles. The topological polar surface area (TPSA) is 68.8 Å². The lowest BCUT2D eigenvalue weighted by Gasteiger charge is -2.36. The molecule has 7 nitrogen and oxygen atoms in total. The van der Waals surface area contributed by atoms with E-state index in [-0.39, 0.29) is 17.6 Å². The van der Waals surface area contributed by atoms with E-state index in [9.17, 15) is 22.8 Å². The van der Waals surface area contributed by atoms with Gasteiger partial charge in [0, 0.05) is 57.4 Å². The maximum atomic E-state index is 13.4. The van der Waals surface area contributed by atoms with Crippen molar-refractivity contribution in [2.45, 2.75) is 38.1 Å². The quantitative estimate of drug-likeness (QED) is 0.508. The number of nitrogens with one attached hydrogen (secondary N) is 1. The van der Waals surface area contributed by atoms with Gasteiger partial charge < -0.3 is 9.80 Å². The second-order valence-corrected chi connectivity index (χ2v) is 9.41. The molecule has 3 aliphatic rings. The molecule has 2 amide bonds. The largest absolute Gasteiger partial charge is 0.419 e. The Balaban J connectivity index is 1.23. The number of amides is 2. The smallest absolute Gasteiger partial charge is 0.354 e. The van der Waals surface area contributed by atoms with Crippen molar-refractivity contribution in [1.82, 2.24) is 20.1 Å². The summed E-state index contributed by atoms with van der Waals surface area (Å²) in [5, 5.41) is 2.39. The highest BCUT2D eigenvalue weighted by Gasteiger charge is 2.38. The number of halogens is 3. The summed E-state index contributed by atoms with van der Waals surface area (Å²) in [4.78, 5) is 34.2. The molecule has 1 unspecified atom stereocenters. The van der Waals surface area contributed by atoms with E-state index in [0.29, 0.717) is 57.1 Å². The zero-order valence-electron chi connectivity index (χ0n) is 18.8. The first-order chi connectivity index (χ1) is 16.7. The number of aromatic nitrogens is 1. The zero-order chi connectivity index (χ0) is 24.7. The van der Waals surface area contributed by atoms with Gasteiger partial charge in [0.05, 0.1) is 5.56 Å². The molecule has 5 rings (SSSR count). The maximum absolute atomic E-state index is 13.4. The summed E-state index contributed by atoms with van der Waals surface area (Å²) in [5.41, 5.74) is 2.31. The summed E-state index contributed by atoms with van der Waals surface area (Å²) in [6.07, 6.45) is -2.30. The molecule has 11 heteroatoms. The van der Waals surface area contributed by atoms with Gasteiger partial charge in [-0.3, -0.25) is 19.8 Å². The number of rotatable bonds is 4. The number of fused-ring (bicyclic) bond motifs is 1. The van der Waals surface area contributed by atoms with E-state index >= 15 is 0 Å². The summed E-state index contributed by atoms with van der Waals surface area (Å²) >= 11 is 5.68. The fourth-order valence-electron chi connectivity index (χ4n) is 4.95. The number of benzene rings is 1. The van der Waals surface area contributed by atoms with E-state index in [4.69, 9.17) is 12.2 Å². The van der Waals surface area contributed by atoms with Crippen LogP contribution in [0.2, 0.25) is 0 Å². The number of alkyl halides is 3. The number of carbonyl (C=O) groups excluding carboxylic acids is 2. The standard InChI is InChI=1S/C24H24F3N5O2S/c25-24(26,27)18-2-1-7-28-21(18)31-10-8-30(9-11-31)13-15-3-4-16-14-32(23(35)17(16)12-15)19-5-6-20(33)29-22(19)34/h1-4,7,12,19H,5-6,8-11,13-14H2,(H,29,33,34). The van der Waals surface area contributed by atoms with Crippen LogP contribution in [0.25, 0.3) is 0 Å². The number of imide groups is 1. The van der Waals surface area contributed by atoms with Gasteiger partial charge in [-0.2, -0.15) is 13.2 Å². The number of hydrogen-bond acceptors (Lipinski definition) is 6. The predicted molar refractivity (Wildman–Crippen MR) is 127 cm³/mol. The Morgan fingerprint density at radius 3 is 2.60 bits per heavy atom. The molecular formula is C24H24F3N5O2S. The van der Waals surface area contributed by atoms with E-state index in [2.05, 4.69) is 15.2 Å². The van der Waals surface area contributed by atoms with Crippen LogP contribution in [0.4, 0.5) is 19.0 Å². The highest BCUT2D eigenvalue weighted by atomic mass is 32.1. The summed E-state index contributed by atoms with van der Waals surface area (Å²) in [7, 11) is 0. The molecule has 1 aromatic heterocycles.